The summed E-state index contributed by atoms with van der Waals surface area (Å²) in [6.07, 6.45) is 3.69. The molecule has 35 heavy (non-hydrogen) atoms. The van der Waals surface area contributed by atoms with Gasteiger partial charge in [0.05, 0.1) is 18.0 Å². The molecule has 1 N–H and O–H groups in total. The number of aryl methyl sites for hydroxylation is 1. The first-order valence-corrected chi connectivity index (χ1v) is 13.3. The highest BCUT2D eigenvalue weighted by molar-refractivity contribution is 7.92. The van der Waals surface area contributed by atoms with Crippen molar-refractivity contribution < 1.29 is 22.7 Å². The summed E-state index contributed by atoms with van der Waals surface area (Å²) in [4.78, 5) is 21.3. The number of carbonyl (C=O) groups is 1. The standard InChI is InChI=1S/C24H37N5O5S/c1-7-10-29-12-17(2)22(33-6)13-28(5)24(30)20-11-19(8-9-21(20)34-15-18(29)3)26-35(31,32)23-14-27(4)16-25-23/h8-9,11,14,16-18,22,26H,7,10,12-13,15H2,1-6H3/t17-,18-,22+/m1/s1. The molecule has 2 aromatic rings. The molecule has 1 amide bonds. The number of nitrogens with zero attached hydrogens (tertiary/aromatic N) is 4. The smallest absolute Gasteiger partial charge is 0.280 e. The summed E-state index contributed by atoms with van der Waals surface area (Å²) in [5.41, 5.74) is 0.537. The molecule has 10 nitrogen and oxygen atoms in total. The maximum atomic E-state index is 13.4. The first-order chi connectivity index (χ1) is 16.6. The first kappa shape index (κ1) is 27.0. The van der Waals surface area contributed by atoms with Crippen LogP contribution in [0, 0.1) is 5.92 Å². The van der Waals surface area contributed by atoms with Crippen molar-refractivity contribution in [2.45, 2.75) is 44.4 Å². The summed E-state index contributed by atoms with van der Waals surface area (Å²) in [5.74, 6) is 0.333. The number of aromatic nitrogens is 2. The molecule has 3 rings (SSSR count). The number of hydrogen-bond acceptors (Lipinski definition) is 7. The van der Waals surface area contributed by atoms with Crippen molar-refractivity contribution in [1.82, 2.24) is 19.4 Å². The SMILES string of the molecule is CCCN1C[C@@H](C)[C@@H](OC)CN(C)C(=O)c2cc(NS(=O)(=O)c3cn(C)cn3)ccc2OC[C@H]1C. The molecular weight excluding hydrogens is 470 g/mol. The molecule has 1 aliphatic heterocycles. The third-order valence-corrected chi connectivity index (χ3v) is 7.56. The highest BCUT2D eigenvalue weighted by Gasteiger charge is 2.28. The number of imidazole rings is 1. The molecule has 0 spiro atoms. The number of methoxy groups -OCH3 is 1. The molecule has 1 aliphatic rings. The molecule has 0 aliphatic carbocycles. The summed E-state index contributed by atoms with van der Waals surface area (Å²) in [5, 5.41) is -0.103. The highest BCUT2D eigenvalue weighted by Crippen LogP contribution is 2.27. The summed E-state index contributed by atoms with van der Waals surface area (Å²) in [6.45, 7) is 8.95. The van der Waals surface area contributed by atoms with E-state index >= 15 is 0 Å². The predicted molar refractivity (Wildman–Crippen MR) is 134 cm³/mol. The molecule has 0 bridgehead atoms. The van der Waals surface area contributed by atoms with Crippen molar-refractivity contribution in [1.29, 1.82) is 0 Å². The van der Waals surface area contributed by atoms with Crippen LogP contribution in [0.3, 0.4) is 0 Å². The van der Waals surface area contributed by atoms with Gasteiger partial charge in [-0.3, -0.25) is 14.4 Å². The van der Waals surface area contributed by atoms with Gasteiger partial charge in [-0.2, -0.15) is 8.42 Å². The van der Waals surface area contributed by atoms with Gasteiger partial charge in [-0.1, -0.05) is 13.8 Å². The van der Waals surface area contributed by atoms with Crippen molar-refractivity contribution in [3.05, 3.63) is 36.3 Å². The van der Waals surface area contributed by atoms with Gasteiger partial charge in [0.2, 0.25) is 0 Å². The second-order valence-corrected chi connectivity index (χ2v) is 10.9. The lowest BCUT2D eigenvalue weighted by atomic mass is 10.0. The Labute approximate surface area is 208 Å². The number of benzene rings is 1. The third kappa shape index (κ3) is 6.53. The fourth-order valence-electron chi connectivity index (χ4n) is 4.25. The van der Waals surface area contributed by atoms with E-state index in [1.54, 1.807) is 42.8 Å². The molecule has 194 valence electrons. The Balaban J connectivity index is 1.96. The minimum atomic E-state index is -3.91. The molecule has 0 fully saturated rings. The van der Waals surface area contributed by atoms with Crippen LogP contribution in [0.25, 0.3) is 0 Å². The van der Waals surface area contributed by atoms with Gasteiger partial charge in [0.1, 0.15) is 12.4 Å². The van der Waals surface area contributed by atoms with Crippen LogP contribution in [-0.4, -0.2) is 86.2 Å². The normalized spacial score (nSPS) is 22.6. The monoisotopic (exact) mass is 507 g/mol. The quantitative estimate of drug-likeness (QED) is 0.640. The number of anilines is 1. The van der Waals surface area contributed by atoms with Gasteiger partial charge in [0.25, 0.3) is 15.9 Å². The highest BCUT2D eigenvalue weighted by atomic mass is 32.2. The summed E-state index contributed by atoms with van der Waals surface area (Å²) in [7, 11) is 1.17. The average Bonchev–Trinajstić information content (AvgIpc) is 3.27. The van der Waals surface area contributed by atoms with Gasteiger partial charge in [0, 0.05) is 52.2 Å². The number of hydrogen-bond donors (Lipinski definition) is 1. The van der Waals surface area contributed by atoms with Gasteiger partial charge in [0.15, 0.2) is 5.03 Å². The minimum absolute atomic E-state index is 0.103. The lowest BCUT2D eigenvalue weighted by Gasteiger charge is -2.35. The molecule has 0 saturated carbocycles. The first-order valence-electron chi connectivity index (χ1n) is 11.9. The topological polar surface area (TPSA) is 106 Å². The zero-order valence-electron chi connectivity index (χ0n) is 21.4. The number of nitrogens with one attached hydrogen (secondary N) is 1. The van der Waals surface area contributed by atoms with Crippen LogP contribution in [0.15, 0.2) is 35.7 Å². The predicted octanol–water partition coefficient (Wildman–Crippen LogP) is 2.44. The summed E-state index contributed by atoms with van der Waals surface area (Å²) >= 11 is 0. The Hall–Kier alpha value is -2.63. The van der Waals surface area contributed by atoms with E-state index in [0.29, 0.717) is 18.9 Å². The molecule has 0 radical (unpaired) electrons. The molecule has 3 atom stereocenters. The van der Waals surface area contributed by atoms with E-state index in [-0.39, 0.29) is 40.2 Å². The number of rotatable bonds is 6. The number of ether oxygens (including phenoxy) is 2. The maximum Gasteiger partial charge on any atom is 0.280 e. The molecule has 2 heterocycles. The maximum absolute atomic E-state index is 13.4. The molecule has 11 heteroatoms. The largest absolute Gasteiger partial charge is 0.491 e. The van der Waals surface area contributed by atoms with Crippen LogP contribution in [0.1, 0.15) is 37.6 Å². The summed E-state index contributed by atoms with van der Waals surface area (Å²) < 4.78 is 41.5. The number of carbonyl (C=O) groups excluding carboxylic acids is 1. The van der Waals surface area contributed by atoms with Gasteiger partial charge >= 0.3 is 0 Å². The van der Waals surface area contributed by atoms with E-state index in [1.165, 1.54) is 18.6 Å². The van der Waals surface area contributed by atoms with Gasteiger partial charge < -0.3 is 18.9 Å². The van der Waals surface area contributed by atoms with Crippen molar-refractivity contribution in [3.8, 4) is 5.75 Å². The Morgan fingerprint density at radius 3 is 2.60 bits per heavy atom. The number of fused-ring (bicyclic) bond motifs is 1. The van der Waals surface area contributed by atoms with Crippen molar-refractivity contribution in [2.75, 3.05) is 45.1 Å². The minimum Gasteiger partial charge on any atom is -0.491 e. The summed E-state index contributed by atoms with van der Waals surface area (Å²) in [6, 6.07) is 4.86. The molecule has 0 unspecified atom stereocenters. The van der Waals surface area contributed by atoms with E-state index < -0.39 is 10.0 Å². The van der Waals surface area contributed by atoms with Crippen molar-refractivity contribution in [3.63, 3.8) is 0 Å². The fourth-order valence-corrected chi connectivity index (χ4v) is 5.28. The second-order valence-electron chi connectivity index (χ2n) is 9.29. The number of amides is 1. The van der Waals surface area contributed by atoms with Gasteiger partial charge in [-0.05, 0) is 44.0 Å². The molecule has 0 saturated heterocycles. The van der Waals surface area contributed by atoms with Crippen molar-refractivity contribution in [2.24, 2.45) is 13.0 Å². The Morgan fingerprint density at radius 1 is 1.23 bits per heavy atom. The average molecular weight is 508 g/mol. The van der Waals surface area contributed by atoms with Crippen molar-refractivity contribution >= 4 is 21.6 Å². The van der Waals surface area contributed by atoms with E-state index in [0.717, 1.165) is 19.5 Å². The van der Waals surface area contributed by atoms with E-state index in [4.69, 9.17) is 9.47 Å². The van der Waals surface area contributed by atoms with E-state index in [9.17, 15) is 13.2 Å². The van der Waals surface area contributed by atoms with Crippen LogP contribution in [0.2, 0.25) is 0 Å². The van der Waals surface area contributed by atoms with Crippen LogP contribution >= 0.6 is 0 Å². The van der Waals surface area contributed by atoms with Crippen LogP contribution in [0.5, 0.6) is 5.75 Å². The van der Waals surface area contributed by atoms with Crippen LogP contribution in [-0.2, 0) is 21.8 Å². The fraction of sp³-hybridized carbons (Fsp3) is 0.583. The lowest BCUT2D eigenvalue weighted by molar-refractivity contribution is 0.0108. The number of sulfonamides is 1. The van der Waals surface area contributed by atoms with Gasteiger partial charge in [-0.25, -0.2) is 4.98 Å². The lowest BCUT2D eigenvalue weighted by Crippen LogP contribution is -2.46. The molecule has 1 aromatic carbocycles. The zero-order chi connectivity index (χ0) is 25.8. The zero-order valence-corrected chi connectivity index (χ0v) is 22.2. The van der Waals surface area contributed by atoms with Crippen LogP contribution in [0.4, 0.5) is 5.69 Å². The molecule has 1 aromatic heterocycles. The van der Waals surface area contributed by atoms with Crippen LogP contribution < -0.4 is 9.46 Å². The number of likely N-dealkylation sites (N-methyl/N-ethyl adjacent to an activating group) is 1. The second kappa shape index (κ2) is 11.4. The Kier molecular flexibility index (Phi) is 8.79. The van der Waals surface area contributed by atoms with E-state index in [2.05, 4.69) is 35.4 Å². The van der Waals surface area contributed by atoms with E-state index in [1.807, 2.05) is 0 Å². The Bertz CT molecular complexity index is 1120. The third-order valence-electron chi connectivity index (χ3n) is 6.29. The Morgan fingerprint density at radius 2 is 1.97 bits per heavy atom. The molecular formula is C24H37N5O5S. The van der Waals surface area contributed by atoms with Gasteiger partial charge in [-0.15, -0.1) is 0 Å².